The largest absolute Gasteiger partial charge is 0.375 e. The molecule has 1 saturated heterocycles. The topological polar surface area (TPSA) is 144 Å². The standard InChI is InChI=1S/C33H34N6O7/c1-21-9-10-26-24(17-21)31(41)38(33(43)34(26)2)23-11-13-36(14-12-23)30(40)25-18-28-29(19-27(25)39(44)45)37(32(42)35(28)3)15-16-46-20-22-7-5-4-6-8-22/h4-10,17-19,23H,11-16,20H2,1-3H3. The maximum atomic E-state index is 13.7. The number of hydrogen-bond donors (Lipinski definition) is 0. The number of carbonyl (C=O) groups excluding carboxylic acids is 1. The maximum Gasteiger partial charge on any atom is 0.331 e. The van der Waals surface area contributed by atoms with Gasteiger partial charge in [0.25, 0.3) is 17.2 Å². The summed E-state index contributed by atoms with van der Waals surface area (Å²) in [6.45, 7) is 3.01. The molecule has 13 heteroatoms. The molecule has 5 aromatic rings. The molecular formula is C33H34N6O7. The van der Waals surface area contributed by atoms with Gasteiger partial charge in [0.05, 0.1) is 46.6 Å². The van der Waals surface area contributed by atoms with Gasteiger partial charge in [-0.2, -0.15) is 0 Å². The lowest BCUT2D eigenvalue weighted by molar-refractivity contribution is -0.385. The summed E-state index contributed by atoms with van der Waals surface area (Å²) in [5, 5.41) is 12.6. The van der Waals surface area contributed by atoms with Gasteiger partial charge >= 0.3 is 11.4 Å². The number of aromatic nitrogens is 4. The Morgan fingerprint density at radius 2 is 1.61 bits per heavy atom. The predicted molar refractivity (Wildman–Crippen MR) is 172 cm³/mol. The molecule has 1 fully saturated rings. The van der Waals surface area contributed by atoms with Crippen LogP contribution in [0.2, 0.25) is 0 Å². The van der Waals surface area contributed by atoms with Gasteiger partial charge in [-0.15, -0.1) is 0 Å². The van der Waals surface area contributed by atoms with Crippen molar-refractivity contribution in [3.63, 3.8) is 0 Å². The molecule has 3 aromatic carbocycles. The Balaban J connectivity index is 1.24. The summed E-state index contributed by atoms with van der Waals surface area (Å²) in [6.07, 6.45) is 0.651. The van der Waals surface area contributed by atoms with Crippen molar-refractivity contribution in [1.29, 1.82) is 0 Å². The Morgan fingerprint density at radius 3 is 2.30 bits per heavy atom. The lowest BCUT2D eigenvalue weighted by Gasteiger charge is -2.32. The van der Waals surface area contributed by atoms with Gasteiger partial charge < -0.3 is 9.64 Å². The smallest absolute Gasteiger partial charge is 0.331 e. The van der Waals surface area contributed by atoms with Gasteiger partial charge in [-0.1, -0.05) is 42.0 Å². The van der Waals surface area contributed by atoms with Gasteiger partial charge in [-0.25, -0.2) is 9.59 Å². The minimum atomic E-state index is -0.618. The predicted octanol–water partition coefficient (Wildman–Crippen LogP) is 3.26. The zero-order chi connectivity index (χ0) is 32.7. The van der Waals surface area contributed by atoms with E-state index in [0.29, 0.717) is 41.4 Å². The number of fused-ring (bicyclic) bond motifs is 2. The molecule has 1 amide bonds. The summed E-state index contributed by atoms with van der Waals surface area (Å²) < 4.78 is 11.2. The molecule has 1 aliphatic heterocycles. The highest BCUT2D eigenvalue weighted by Crippen LogP contribution is 2.29. The molecule has 238 valence electrons. The molecule has 0 atom stereocenters. The fraction of sp³-hybridized carbons (Fsp3) is 0.333. The van der Waals surface area contributed by atoms with Gasteiger partial charge in [0.15, 0.2) is 0 Å². The summed E-state index contributed by atoms with van der Waals surface area (Å²) in [5.41, 5.74) is 1.45. The van der Waals surface area contributed by atoms with Crippen molar-refractivity contribution in [2.75, 3.05) is 19.7 Å². The Morgan fingerprint density at radius 1 is 0.913 bits per heavy atom. The van der Waals surface area contributed by atoms with Crippen molar-refractivity contribution in [1.82, 2.24) is 23.2 Å². The number of imidazole rings is 1. The van der Waals surface area contributed by atoms with Crippen LogP contribution in [0, 0.1) is 17.0 Å². The number of piperidine rings is 1. The molecule has 0 aliphatic carbocycles. The van der Waals surface area contributed by atoms with Crippen molar-refractivity contribution in [3.8, 4) is 0 Å². The van der Waals surface area contributed by atoms with E-state index in [9.17, 15) is 29.3 Å². The average Bonchev–Trinajstić information content (AvgIpc) is 3.29. The average molecular weight is 627 g/mol. The fourth-order valence-corrected chi connectivity index (χ4v) is 6.31. The number of benzene rings is 3. The first kappa shape index (κ1) is 30.7. The van der Waals surface area contributed by atoms with Crippen molar-refractivity contribution < 1.29 is 14.5 Å². The summed E-state index contributed by atoms with van der Waals surface area (Å²) in [6, 6.07) is 17.2. The van der Waals surface area contributed by atoms with Crippen molar-refractivity contribution in [2.24, 2.45) is 14.1 Å². The zero-order valence-corrected chi connectivity index (χ0v) is 25.8. The van der Waals surface area contributed by atoms with Gasteiger partial charge in [0.2, 0.25) is 0 Å². The lowest BCUT2D eigenvalue weighted by Crippen LogP contribution is -2.46. The first-order valence-electron chi connectivity index (χ1n) is 15.1. The third-order valence-corrected chi connectivity index (χ3v) is 8.83. The highest BCUT2D eigenvalue weighted by atomic mass is 16.6. The van der Waals surface area contributed by atoms with E-state index in [1.165, 1.54) is 35.3 Å². The molecule has 0 saturated carbocycles. The highest BCUT2D eigenvalue weighted by molar-refractivity contribution is 6.02. The van der Waals surface area contributed by atoms with Crippen LogP contribution in [0.15, 0.2) is 75.0 Å². The molecule has 3 heterocycles. The Hall–Kier alpha value is -5.30. The van der Waals surface area contributed by atoms with E-state index in [0.717, 1.165) is 11.1 Å². The molecule has 46 heavy (non-hydrogen) atoms. The van der Waals surface area contributed by atoms with E-state index in [-0.39, 0.29) is 43.1 Å². The molecule has 2 aromatic heterocycles. The molecular weight excluding hydrogens is 592 g/mol. The van der Waals surface area contributed by atoms with Gasteiger partial charge in [0, 0.05) is 39.3 Å². The van der Waals surface area contributed by atoms with Crippen LogP contribution in [-0.2, 0) is 32.0 Å². The molecule has 0 spiro atoms. The van der Waals surface area contributed by atoms with Crippen LogP contribution >= 0.6 is 0 Å². The minimum absolute atomic E-state index is 0.127. The molecule has 0 N–H and O–H groups in total. The van der Waals surface area contributed by atoms with E-state index in [1.807, 2.05) is 43.3 Å². The number of nitro benzene ring substituents is 1. The summed E-state index contributed by atoms with van der Waals surface area (Å²) in [5.74, 6) is -0.548. The number of aryl methyl sites for hydroxylation is 3. The summed E-state index contributed by atoms with van der Waals surface area (Å²) in [7, 11) is 3.18. The number of ether oxygens (including phenoxy) is 1. The van der Waals surface area contributed by atoms with Crippen LogP contribution in [-0.4, -0.2) is 53.7 Å². The first-order valence-corrected chi connectivity index (χ1v) is 15.1. The molecule has 0 bridgehead atoms. The quantitative estimate of drug-likeness (QED) is 0.146. The van der Waals surface area contributed by atoms with Crippen LogP contribution in [0.4, 0.5) is 5.69 Å². The second-order valence-corrected chi connectivity index (χ2v) is 11.7. The van der Waals surface area contributed by atoms with Crippen LogP contribution < -0.4 is 16.9 Å². The van der Waals surface area contributed by atoms with Gasteiger partial charge in [-0.05, 0) is 43.5 Å². The van der Waals surface area contributed by atoms with Crippen molar-refractivity contribution in [3.05, 3.63) is 119 Å². The van der Waals surface area contributed by atoms with E-state index in [4.69, 9.17) is 4.74 Å². The number of carbonyl (C=O) groups is 1. The van der Waals surface area contributed by atoms with Gasteiger partial charge in [0.1, 0.15) is 5.56 Å². The summed E-state index contributed by atoms with van der Waals surface area (Å²) in [4.78, 5) is 66.5. The monoisotopic (exact) mass is 626 g/mol. The van der Waals surface area contributed by atoms with Crippen LogP contribution in [0.25, 0.3) is 21.9 Å². The molecule has 1 aliphatic rings. The molecule has 13 nitrogen and oxygen atoms in total. The Labute approximate surface area is 262 Å². The number of nitrogens with zero attached hydrogens (tertiary/aromatic N) is 6. The number of hydrogen-bond acceptors (Lipinski definition) is 7. The van der Waals surface area contributed by atoms with Crippen LogP contribution in [0.3, 0.4) is 0 Å². The number of likely N-dealkylation sites (tertiary alicyclic amines) is 1. The van der Waals surface area contributed by atoms with Crippen molar-refractivity contribution in [2.45, 2.75) is 39.0 Å². The van der Waals surface area contributed by atoms with Crippen LogP contribution in [0.1, 0.15) is 40.4 Å². The Kier molecular flexibility index (Phi) is 8.17. The third kappa shape index (κ3) is 5.42. The molecule has 0 unspecified atom stereocenters. The second kappa shape index (κ2) is 12.2. The molecule has 6 rings (SSSR count). The number of rotatable bonds is 8. The first-order chi connectivity index (χ1) is 22.1. The van der Waals surface area contributed by atoms with E-state index in [1.54, 1.807) is 26.2 Å². The van der Waals surface area contributed by atoms with Gasteiger partial charge in [-0.3, -0.25) is 38.0 Å². The summed E-state index contributed by atoms with van der Waals surface area (Å²) >= 11 is 0. The maximum absolute atomic E-state index is 13.7. The van der Waals surface area contributed by atoms with E-state index >= 15 is 0 Å². The fourth-order valence-electron chi connectivity index (χ4n) is 6.31. The minimum Gasteiger partial charge on any atom is -0.375 e. The highest BCUT2D eigenvalue weighted by Gasteiger charge is 2.32. The zero-order valence-electron chi connectivity index (χ0n) is 25.8. The normalized spacial score (nSPS) is 13.9. The van der Waals surface area contributed by atoms with E-state index < -0.39 is 28.2 Å². The molecule has 0 radical (unpaired) electrons. The SMILES string of the molecule is Cc1ccc2c(c1)c(=O)n(C1CCN(C(=O)c3cc4c(cc3[N+](=O)[O-])n(CCOCc3ccccc3)c(=O)n4C)CC1)c(=O)n2C. The van der Waals surface area contributed by atoms with Crippen molar-refractivity contribution >= 4 is 33.5 Å². The third-order valence-electron chi connectivity index (χ3n) is 8.83. The van der Waals surface area contributed by atoms with E-state index in [2.05, 4.69) is 0 Å². The Bertz CT molecular complexity index is 2170. The van der Waals surface area contributed by atoms with Crippen LogP contribution in [0.5, 0.6) is 0 Å². The number of amides is 1. The number of nitro groups is 1. The second-order valence-electron chi connectivity index (χ2n) is 11.7. The lowest BCUT2D eigenvalue weighted by atomic mass is 10.0.